The van der Waals surface area contributed by atoms with Crippen LogP contribution < -0.4 is 0 Å². The number of carbonyl (C=O) groups excluding carboxylic acids is 1. The van der Waals surface area contributed by atoms with Crippen LogP contribution in [0.15, 0.2) is 0 Å². The van der Waals surface area contributed by atoms with E-state index in [0.717, 1.165) is 25.7 Å². The number of rotatable bonds is 2. The molecule has 1 N–H and O–H groups in total. The lowest BCUT2D eigenvalue weighted by atomic mass is 9.51. The zero-order valence-corrected chi connectivity index (χ0v) is 15.4. The van der Waals surface area contributed by atoms with E-state index in [4.69, 9.17) is 4.74 Å². The molecule has 6 atom stereocenters. The van der Waals surface area contributed by atoms with Crippen molar-refractivity contribution in [3.05, 3.63) is 0 Å². The number of alkyl halides is 1. The normalized spacial score (nSPS) is 47.0. The van der Waals surface area contributed by atoms with Gasteiger partial charge in [0.2, 0.25) is 0 Å². The van der Waals surface area contributed by atoms with Crippen LogP contribution in [0.3, 0.4) is 0 Å². The lowest BCUT2D eigenvalue weighted by Gasteiger charge is -2.59. The van der Waals surface area contributed by atoms with Crippen molar-refractivity contribution in [1.82, 2.24) is 0 Å². The highest BCUT2D eigenvalue weighted by Gasteiger charge is 2.60. The number of hydrogen-bond donors (Lipinski definition) is 1. The third-order valence-corrected chi connectivity index (χ3v) is 7.43. The molecule has 0 aromatic rings. The van der Waals surface area contributed by atoms with Gasteiger partial charge in [-0.15, -0.1) is 0 Å². The van der Waals surface area contributed by atoms with E-state index in [-0.39, 0.29) is 23.4 Å². The molecule has 122 valence electrons. The predicted molar refractivity (Wildman–Crippen MR) is 87.3 cm³/mol. The Morgan fingerprint density at radius 1 is 1.29 bits per heavy atom. The highest BCUT2D eigenvalue weighted by molar-refractivity contribution is 9.09. The molecule has 0 aromatic carbocycles. The number of aliphatic hydroxyl groups is 1. The fourth-order valence-electron chi connectivity index (χ4n) is 4.80. The zero-order valence-electron chi connectivity index (χ0n) is 13.9. The van der Waals surface area contributed by atoms with Gasteiger partial charge in [-0.1, -0.05) is 36.7 Å². The first-order valence-electron chi connectivity index (χ1n) is 8.13. The standard InChI is InChI=1S/C17H29BrO3/c1-10(2)12-6-8-16(4)13(18)7-9-17(5,20)15(16)14(12)21-11(3)19/h10,12-15,20H,6-9H2,1-5H3/t12-,13+,14-,15+,16-,17-/m0/s1. The highest BCUT2D eigenvalue weighted by atomic mass is 79.9. The average molecular weight is 361 g/mol. The van der Waals surface area contributed by atoms with Crippen LogP contribution in [0, 0.1) is 23.2 Å². The molecule has 4 heteroatoms. The summed E-state index contributed by atoms with van der Waals surface area (Å²) in [5.74, 6) is 0.539. The molecule has 0 aromatic heterocycles. The summed E-state index contributed by atoms with van der Waals surface area (Å²) < 4.78 is 5.76. The molecule has 0 unspecified atom stereocenters. The van der Waals surface area contributed by atoms with Gasteiger partial charge < -0.3 is 9.84 Å². The van der Waals surface area contributed by atoms with E-state index in [1.807, 2.05) is 6.92 Å². The fourth-order valence-corrected chi connectivity index (χ4v) is 5.54. The smallest absolute Gasteiger partial charge is 0.302 e. The van der Waals surface area contributed by atoms with Crippen LogP contribution >= 0.6 is 15.9 Å². The van der Waals surface area contributed by atoms with Gasteiger partial charge in [0, 0.05) is 17.7 Å². The second-order valence-corrected chi connectivity index (χ2v) is 8.97. The van der Waals surface area contributed by atoms with Crippen LogP contribution in [0.1, 0.15) is 60.3 Å². The second kappa shape index (κ2) is 5.84. The van der Waals surface area contributed by atoms with Crippen molar-refractivity contribution in [2.75, 3.05) is 0 Å². The van der Waals surface area contributed by atoms with E-state index in [9.17, 15) is 9.90 Å². The van der Waals surface area contributed by atoms with Crippen molar-refractivity contribution in [1.29, 1.82) is 0 Å². The molecule has 2 fully saturated rings. The molecule has 0 heterocycles. The Kier molecular flexibility index (Phi) is 4.80. The van der Waals surface area contributed by atoms with E-state index in [1.54, 1.807) is 0 Å². The van der Waals surface area contributed by atoms with Gasteiger partial charge in [-0.25, -0.2) is 0 Å². The van der Waals surface area contributed by atoms with Gasteiger partial charge in [-0.2, -0.15) is 0 Å². The van der Waals surface area contributed by atoms with Gasteiger partial charge in [0.05, 0.1) is 5.60 Å². The number of ether oxygens (including phenoxy) is 1. The van der Waals surface area contributed by atoms with E-state index in [2.05, 4.69) is 36.7 Å². The first kappa shape index (κ1) is 17.3. The van der Waals surface area contributed by atoms with Crippen LogP contribution in [0.5, 0.6) is 0 Å². The fraction of sp³-hybridized carbons (Fsp3) is 0.941. The number of carbonyl (C=O) groups is 1. The predicted octanol–water partition coefficient (Wildman–Crippen LogP) is 3.91. The zero-order chi connectivity index (χ0) is 16.0. The van der Waals surface area contributed by atoms with Gasteiger partial charge in [0.1, 0.15) is 6.10 Å². The topological polar surface area (TPSA) is 46.5 Å². The Labute approximate surface area is 137 Å². The van der Waals surface area contributed by atoms with Gasteiger partial charge in [0.25, 0.3) is 0 Å². The molecule has 0 saturated heterocycles. The monoisotopic (exact) mass is 360 g/mol. The SMILES string of the molecule is CC(=O)O[C@@H]1[C@@H]2[C@@](C)(CC[C@H]1C(C)C)[C@H](Br)CC[C@]2(C)O. The van der Waals surface area contributed by atoms with Gasteiger partial charge >= 0.3 is 5.97 Å². The molecule has 2 aliphatic carbocycles. The minimum atomic E-state index is -0.771. The number of hydrogen-bond acceptors (Lipinski definition) is 3. The lowest BCUT2D eigenvalue weighted by Crippen LogP contribution is -2.62. The van der Waals surface area contributed by atoms with E-state index < -0.39 is 5.60 Å². The minimum Gasteiger partial charge on any atom is -0.462 e. The summed E-state index contributed by atoms with van der Waals surface area (Å²) in [6, 6.07) is 0. The molecule has 0 bridgehead atoms. The third-order valence-electron chi connectivity index (χ3n) is 5.93. The lowest BCUT2D eigenvalue weighted by molar-refractivity contribution is -0.201. The Morgan fingerprint density at radius 3 is 2.43 bits per heavy atom. The number of esters is 1. The maximum atomic E-state index is 11.6. The molecule has 21 heavy (non-hydrogen) atoms. The first-order valence-corrected chi connectivity index (χ1v) is 9.05. The van der Waals surface area contributed by atoms with Crippen LogP contribution in [0.25, 0.3) is 0 Å². The summed E-state index contributed by atoms with van der Waals surface area (Å²) in [5.41, 5.74) is -0.792. The second-order valence-electron chi connectivity index (χ2n) is 7.87. The Morgan fingerprint density at radius 2 is 1.90 bits per heavy atom. The van der Waals surface area contributed by atoms with Crippen molar-refractivity contribution in [2.45, 2.75) is 76.8 Å². The summed E-state index contributed by atoms with van der Waals surface area (Å²) in [4.78, 5) is 12.0. The molecular weight excluding hydrogens is 332 g/mol. The van der Waals surface area contributed by atoms with Crippen molar-refractivity contribution in [3.63, 3.8) is 0 Å². The van der Waals surface area contributed by atoms with Crippen LogP contribution in [0.2, 0.25) is 0 Å². The van der Waals surface area contributed by atoms with Crippen LogP contribution in [0.4, 0.5) is 0 Å². The van der Waals surface area contributed by atoms with Crippen LogP contribution in [-0.4, -0.2) is 27.6 Å². The molecule has 3 nitrogen and oxygen atoms in total. The van der Waals surface area contributed by atoms with Gasteiger partial charge in [-0.05, 0) is 49.9 Å². The Bertz CT molecular complexity index is 407. The van der Waals surface area contributed by atoms with Gasteiger partial charge in [-0.3, -0.25) is 4.79 Å². The summed E-state index contributed by atoms with van der Waals surface area (Å²) in [7, 11) is 0. The first-order chi connectivity index (χ1) is 9.59. The van der Waals surface area contributed by atoms with E-state index in [0.29, 0.717) is 16.7 Å². The molecule has 2 aliphatic rings. The van der Waals surface area contributed by atoms with E-state index >= 15 is 0 Å². The minimum absolute atomic E-state index is 0.00632. The van der Waals surface area contributed by atoms with Crippen molar-refractivity contribution in [3.8, 4) is 0 Å². The summed E-state index contributed by atoms with van der Waals surface area (Å²) in [5, 5.41) is 11.0. The quantitative estimate of drug-likeness (QED) is 0.599. The largest absolute Gasteiger partial charge is 0.462 e. The average Bonchev–Trinajstić information content (AvgIpc) is 2.33. The summed E-state index contributed by atoms with van der Waals surface area (Å²) in [6.07, 6.45) is 3.67. The maximum absolute atomic E-state index is 11.6. The summed E-state index contributed by atoms with van der Waals surface area (Å²) >= 11 is 3.84. The molecular formula is C17H29BrO3. The number of halogens is 1. The maximum Gasteiger partial charge on any atom is 0.302 e. The molecule has 0 aliphatic heterocycles. The van der Waals surface area contributed by atoms with Crippen LogP contribution in [-0.2, 0) is 9.53 Å². The van der Waals surface area contributed by atoms with Gasteiger partial charge in [0.15, 0.2) is 0 Å². The third kappa shape index (κ3) is 3.03. The summed E-state index contributed by atoms with van der Waals surface area (Å²) in [6.45, 7) is 10.0. The molecule has 2 rings (SSSR count). The number of fused-ring (bicyclic) bond motifs is 1. The van der Waals surface area contributed by atoms with E-state index in [1.165, 1.54) is 6.92 Å². The molecule has 0 spiro atoms. The molecule has 0 radical (unpaired) electrons. The van der Waals surface area contributed by atoms with Crippen molar-refractivity contribution in [2.24, 2.45) is 23.2 Å². The highest BCUT2D eigenvalue weighted by Crippen LogP contribution is 2.59. The molecule has 0 amide bonds. The Hall–Kier alpha value is -0.0900. The Balaban J connectivity index is 2.43. The van der Waals surface area contributed by atoms with Crippen molar-refractivity contribution >= 4 is 21.9 Å². The molecule has 2 saturated carbocycles. The van der Waals surface area contributed by atoms with Crippen molar-refractivity contribution < 1.29 is 14.6 Å².